The van der Waals surface area contributed by atoms with Crippen LogP contribution in [0, 0.1) is 11.6 Å². The van der Waals surface area contributed by atoms with Crippen molar-refractivity contribution in [1.29, 1.82) is 0 Å². The number of carbonyl (C=O) groups excluding carboxylic acids is 2. The second kappa shape index (κ2) is 5.72. The van der Waals surface area contributed by atoms with Crippen LogP contribution in [0.25, 0.3) is 21.0 Å². The Morgan fingerprint density at radius 1 is 1.04 bits per heavy atom. The van der Waals surface area contributed by atoms with Gasteiger partial charge in [-0.25, -0.2) is 13.6 Å². The molecular formula is C20H11F2NO3S. The first-order valence-electron chi connectivity index (χ1n) is 8.22. The summed E-state index contributed by atoms with van der Waals surface area (Å²) in [6, 6.07) is 8.78. The quantitative estimate of drug-likeness (QED) is 0.380. The maximum Gasteiger partial charge on any atom is 0.362 e. The SMILES string of the molecule is O=C1Cc2c(n(Cc3csc4ccc(F)cc34)c3ccc(F)cc23)C(=O)O1. The molecule has 0 aliphatic carbocycles. The van der Waals surface area contributed by atoms with E-state index in [1.165, 1.54) is 35.6 Å². The number of ether oxygens (including phenoxy) is 1. The number of hydrogen-bond donors (Lipinski definition) is 0. The Hall–Kier alpha value is -3.06. The van der Waals surface area contributed by atoms with E-state index in [0.717, 1.165) is 15.6 Å². The van der Waals surface area contributed by atoms with Crippen molar-refractivity contribution in [1.82, 2.24) is 4.57 Å². The normalized spacial score (nSPS) is 14.0. The highest BCUT2D eigenvalue weighted by atomic mass is 32.1. The van der Waals surface area contributed by atoms with Crippen LogP contribution >= 0.6 is 11.3 Å². The lowest BCUT2D eigenvalue weighted by Crippen LogP contribution is -2.25. The minimum Gasteiger partial charge on any atom is -0.388 e. The average Bonchev–Trinajstić information content (AvgIpc) is 3.15. The molecule has 0 spiro atoms. The summed E-state index contributed by atoms with van der Waals surface area (Å²) in [6.45, 7) is 0.282. The van der Waals surface area contributed by atoms with Crippen molar-refractivity contribution < 1.29 is 23.1 Å². The Morgan fingerprint density at radius 3 is 2.59 bits per heavy atom. The predicted octanol–water partition coefficient (Wildman–Crippen LogP) is 4.42. The standard InChI is InChI=1S/C20H11F2NO3S/c21-11-1-3-16-14(6-11)15-7-18(24)26-20(25)19(15)23(16)8-10-9-27-17-4-2-12(22)5-13(10)17/h1-6,9H,7-8H2. The van der Waals surface area contributed by atoms with Gasteiger partial charge in [-0.15, -0.1) is 11.3 Å². The van der Waals surface area contributed by atoms with E-state index in [2.05, 4.69) is 0 Å². The van der Waals surface area contributed by atoms with Gasteiger partial charge in [0.25, 0.3) is 0 Å². The van der Waals surface area contributed by atoms with Gasteiger partial charge in [-0.2, -0.15) is 0 Å². The van der Waals surface area contributed by atoms with Crippen molar-refractivity contribution in [3.05, 3.63) is 70.2 Å². The van der Waals surface area contributed by atoms with Crippen LogP contribution in [0.5, 0.6) is 0 Å². The number of carbonyl (C=O) groups is 2. The van der Waals surface area contributed by atoms with Gasteiger partial charge < -0.3 is 9.30 Å². The van der Waals surface area contributed by atoms with Crippen LogP contribution in [0.15, 0.2) is 41.8 Å². The Morgan fingerprint density at radius 2 is 1.78 bits per heavy atom. The summed E-state index contributed by atoms with van der Waals surface area (Å²) in [5.74, 6) is -2.19. The Kier molecular flexibility index (Phi) is 3.42. The smallest absolute Gasteiger partial charge is 0.362 e. The zero-order valence-corrected chi connectivity index (χ0v) is 14.6. The van der Waals surface area contributed by atoms with Crippen molar-refractivity contribution in [3.63, 3.8) is 0 Å². The molecule has 134 valence electrons. The molecule has 0 saturated heterocycles. The van der Waals surface area contributed by atoms with E-state index in [9.17, 15) is 18.4 Å². The summed E-state index contributed by atoms with van der Waals surface area (Å²) in [6.07, 6.45) is -0.0902. The molecule has 0 unspecified atom stereocenters. The van der Waals surface area contributed by atoms with Crippen LogP contribution < -0.4 is 0 Å². The van der Waals surface area contributed by atoms with Gasteiger partial charge in [0.15, 0.2) is 0 Å². The van der Waals surface area contributed by atoms with Gasteiger partial charge in [-0.05, 0) is 47.3 Å². The molecule has 0 fully saturated rings. The molecule has 4 aromatic rings. The highest BCUT2D eigenvalue weighted by Gasteiger charge is 2.32. The van der Waals surface area contributed by atoms with Gasteiger partial charge in [0, 0.05) is 33.1 Å². The van der Waals surface area contributed by atoms with Crippen molar-refractivity contribution >= 4 is 44.3 Å². The third-order valence-electron chi connectivity index (χ3n) is 4.80. The van der Waals surface area contributed by atoms with Gasteiger partial charge >= 0.3 is 11.9 Å². The van der Waals surface area contributed by atoms with Gasteiger partial charge in [0.05, 0.1) is 6.42 Å². The molecule has 0 saturated carbocycles. The number of esters is 2. The first-order valence-corrected chi connectivity index (χ1v) is 9.10. The van der Waals surface area contributed by atoms with Crippen molar-refractivity contribution in [3.8, 4) is 0 Å². The third kappa shape index (κ3) is 2.46. The van der Waals surface area contributed by atoms with Gasteiger partial charge in [0.1, 0.15) is 17.3 Å². The first-order chi connectivity index (χ1) is 13.0. The molecule has 4 nitrogen and oxygen atoms in total. The minimum atomic E-state index is -0.747. The molecule has 2 aromatic carbocycles. The first kappa shape index (κ1) is 16.1. The Labute approximate surface area is 155 Å². The Bertz CT molecular complexity index is 1270. The van der Waals surface area contributed by atoms with Gasteiger partial charge in [-0.1, -0.05) is 0 Å². The zero-order valence-electron chi connectivity index (χ0n) is 13.8. The van der Waals surface area contributed by atoms with E-state index in [1.807, 2.05) is 5.38 Å². The number of hydrogen-bond acceptors (Lipinski definition) is 4. The monoisotopic (exact) mass is 383 g/mol. The molecule has 7 heteroatoms. The average molecular weight is 383 g/mol. The lowest BCUT2D eigenvalue weighted by atomic mass is 10.1. The maximum atomic E-state index is 13.8. The maximum absolute atomic E-state index is 13.8. The zero-order chi connectivity index (χ0) is 18.7. The molecule has 27 heavy (non-hydrogen) atoms. The van der Waals surface area contributed by atoms with E-state index < -0.39 is 17.8 Å². The summed E-state index contributed by atoms with van der Waals surface area (Å²) >= 11 is 1.48. The van der Waals surface area contributed by atoms with Crippen LogP contribution in [-0.2, 0) is 22.5 Å². The fourth-order valence-electron chi connectivity index (χ4n) is 3.65. The van der Waals surface area contributed by atoms with Crippen molar-refractivity contribution in [2.75, 3.05) is 0 Å². The third-order valence-corrected chi connectivity index (χ3v) is 5.81. The van der Waals surface area contributed by atoms with Crippen LogP contribution in [0.2, 0.25) is 0 Å². The van der Waals surface area contributed by atoms with Crippen LogP contribution in [0.1, 0.15) is 21.6 Å². The number of aromatic nitrogens is 1. The van der Waals surface area contributed by atoms with Crippen molar-refractivity contribution in [2.24, 2.45) is 0 Å². The fraction of sp³-hybridized carbons (Fsp3) is 0.100. The number of cyclic esters (lactones) is 2. The molecular weight excluding hydrogens is 372 g/mol. The number of nitrogens with zero attached hydrogens (tertiary/aromatic N) is 1. The molecule has 1 aliphatic rings. The number of rotatable bonds is 2. The Balaban J connectivity index is 1.75. The summed E-state index contributed by atoms with van der Waals surface area (Å²) < 4.78 is 34.9. The lowest BCUT2D eigenvalue weighted by molar-refractivity contribution is -0.137. The molecule has 0 radical (unpaired) electrons. The van der Waals surface area contributed by atoms with E-state index >= 15 is 0 Å². The van der Waals surface area contributed by atoms with E-state index in [-0.39, 0.29) is 24.5 Å². The largest absolute Gasteiger partial charge is 0.388 e. The van der Waals surface area contributed by atoms with Gasteiger partial charge in [-0.3, -0.25) is 4.79 Å². The minimum absolute atomic E-state index is 0.0902. The summed E-state index contributed by atoms with van der Waals surface area (Å²) in [7, 11) is 0. The predicted molar refractivity (Wildman–Crippen MR) is 96.9 cm³/mol. The fourth-order valence-corrected chi connectivity index (χ4v) is 4.59. The topological polar surface area (TPSA) is 48.3 Å². The number of halogens is 2. The summed E-state index contributed by atoms with van der Waals surface area (Å²) in [5.41, 5.74) is 2.18. The van der Waals surface area contributed by atoms with E-state index in [1.54, 1.807) is 16.7 Å². The van der Waals surface area contributed by atoms with Crippen molar-refractivity contribution in [2.45, 2.75) is 13.0 Å². The van der Waals surface area contributed by atoms with Crippen LogP contribution in [0.4, 0.5) is 8.78 Å². The van der Waals surface area contributed by atoms with Crippen LogP contribution in [0.3, 0.4) is 0 Å². The summed E-state index contributed by atoms with van der Waals surface area (Å²) in [4.78, 5) is 24.1. The van der Waals surface area contributed by atoms with E-state index in [4.69, 9.17) is 4.74 Å². The molecule has 2 aromatic heterocycles. The number of thiophene rings is 1. The molecule has 0 N–H and O–H groups in total. The van der Waals surface area contributed by atoms with E-state index in [0.29, 0.717) is 16.5 Å². The second-order valence-corrected chi connectivity index (χ2v) is 7.33. The molecule has 0 amide bonds. The molecule has 0 bridgehead atoms. The number of benzene rings is 2. The van der Waals surface area contributed by atoms with Gasteiger partial charge in [0.2, 0.25) is 0 Å². The highest BCUT2D eigenvalue weighted by Crippen LogP contribution is 2.34. The van der Waals surface area contributed by atoms with Crippen LogP contribution in [-0.4, -0.2) is 16.5 Å². The summed E-state index contributed by atoms with van der Waals surface area (Å²) in [5, 5.41) is 3.18. The number of fused-ring (bicyclic) bond motifs is 4. The second-order valence-electron chi connectivity index (χ2n) is 6.41. The molecule has 1 aliphatic heterocycles. The molecule has 5 rings (SSSR count). The molecule has 3 heterocycles. The lowest BCUT2D eigenvalue weighted by Gasteiger charge is -2.14. The molecule has 0 atom stereocenters. The highest BCUT2D eigenvalue weighted by molar-refractivity contribution is 7.17.